The van der Waals surface area contributed by atoms with E-state index >= 15 is 0 Å². The normalized spacial score (nSPS) is 12.6. The molecule has 4 rings (SSSR count). The molecule has 0 aliphatic carbocycles. The smallest absolute Gasteiger partial charge is 0.163 e. The molecule has 0 saturated heterocycles. The van der Waals surface area contributed by atoms with Gasteiger partial charge < -0.3 is 5.32 Å². The highest BCUT2D eigenvalue weighted by Gasteiger charge is 2.13. The second kappa shape index (κ2) is 5.35. The Hall–Kier alpha value is -2.95. The number of hydrogen-bond donors (Lipinski definition) is 1. The van der Waals surface area contributed by atoms with Crippen LogP contribution < -0.4 is 5.32 Å². The van der Waals surface area contributed by atoms with Crippen molar-refractivity contribution in [2.24, 2.45) is 7.05 Å². The van der Waals surface area contributed by atoms with E-state index in [-0.39, 0.29) is 6.04 Å². The van der Waals surface area contributed by atoms with Crippen molar-refractivity contribution >= 4 is 27.6 Å². The molecule has 0 radical (unpaired) electrons. The first-order chi connectivity index (χ1) is 11.2. The van der Waals surface area contributed by atoms with Crippen LogP contribution in [0.1, 0.15) is 18.5 Å². The van der Waals surface area contributed by atoms with Gasteiger partial charge in [-0.2, -0.15) is 5.10 Å². The highest BCUT2D eigenvalue weighted by molar-refractivity contribution is 5.88. The Morgan fingerprint density at radius 1 is 1.00 bits per heavy atom. The lowest BCUT2D eigenvalue weighted by Gasteiger charge is -2.17. The van der Waals surface area contributed by atoms with Crippen LogP contribution in [0, 0.1) is 0 Å². The minimum atomic E-state index is 0.124. The van der Waals surface area contributed by atoms with Crippen LogP contribution in [0.15, 0.2) is 55.0 Å². The maximum atomic E-state index is 4.39. The molecule has 0 fully saturated rings. The van der Waals surface area contributed by atoms with Crippen LogP contribution in [0.2, 0.25) is 0 Å². The summed E-state index contributed by atoms with van der Waals surface area (Å²) in [6, 6.07) is 14.9. The van der Waals surface area contributed by atoms with Crippen LogP contribution in [0.5, 0.6) is 0 Å². The maximum absolute atomic E-state index is 4.39. The van der Waals surface area contributed by atoms with Gasteiger partial charge in [0.15, 0.2) is 5.65 Å². The molecular formula is C18H17N5. The zero-order valence-corrected chi connectivity index (χ0v) is 13.1. The Bertz CT molecular complexity index is 984. The fourth-order valence-corrected chi connectivity index (χ4v) is 2.99. The van der Waals surface area contributed by atoms with Gasteiger partial charge in [-0.1, -0.05) is 42.5 Å². The van der Waals surface area contributed by atoms with E-state index in [2.05, 4.69) is 69.8 Å². The minimum absolute atomic E-state index is 0.124. The summed E-state index contributed by atoms with van der Waals surface area (Å²) in [6.07, 6.45) is 3.37. The second-order valence-electron chi connectivity index (χ2n) is 5.66. The van der Waals surface area contributed by atoms with E-state index in [0.29, 0.717) is 0 Å². The highest BCUT2D eigenvalue weighted by atomic mass is 15.3. The third-order valence-electron chi connectivity index (χ3n) is 4.17. The molecule has 0 saturated carbocycles. The molecule has 4 aromatic rings. The van der Waals surface area contributed by atoms with Gasteiger partial charge in [0.05, 0.1) is 17.6 Å². The van der Waals surface area contributed by atoms with E-state index < -0.39 is 0 Å². The van der Waals surface area contributed by atoms with Crippen molar-refractivity contribution < 1.29 is 0 Å². The van der Waals surface area contributed by atoms with E-state index in [0.717, 1.165) is 16.9 Å². The second-order valence-corrected chi connectivity index (χ2v) is 5.66. The lowest BCUT2D eigenvalue weighted by Crippen LogP contribution is -2.09. The van der Waals surface area contributed by atoms with Gasteiger partial charge in [-0.25, -0.2) is 9.97 Å². The Labute approximate surface area is 134 Å². The lowest BCUT2D eigenvalue weighted by atomic mass is 10.00. The summed E-state index contributed by atoms with van der Waals surface area (Å²) in [5.41, 5.74) is 2.08. The molecule has 5 nitrogen and oxygen atoms in total. The molecule has 0 aliphatic heterocycles. The van der Waals surface area contributed by atoms with E-state index in [4.69, 9.17) is 0 Å². The molecule has 1 unspecified atom stereocenters. The topological polar surface area (TPSA) is 55.6 Å². The first-order valence-corrected chi connectivity index (χ1v) is 7.61. The standard InChI is InChI=1S/C18H17N5/c1-12(14-9-5-7-13-6-3-4-8-15(13)14)22-17-16-10-21-23(2)18(16)20-11-19-17/h3-12H,1-2H3,(H,19,20,22). The lowest BCUT2D eigenvalue weighted by molar-refractivity contribution is 0.785. The fraction of sp³-hybridized carbons (Fsp3) is 0.167. The molecule has 0 spiro atoms. The van der Waals surface area contributed by atoms with Crippen LogP contribution >= 0.6 is 0 Å². The number of nitrogens with zero attached hydrogens (tertiary/aromatic N) is 4. The fourth-order valence-electron chi connectivity index (χ4n) is 2.99. The van der Waals surface area contributed by atoms with Gasteiger partial charge in [0.25, 0.3) is 0 Å². The molecule has 2 aromatic carbocycles. The molecule has 0 amide bonds. The Balaban J connectivity index is 1.75. The van der Waals surface area contributed by atoms with Gasteiger partial charge in [0, 0.05) is 7.05 Å². The molecule has 2 heterocycles. The molecular weight excluding hydrogens is 286 g/mol. The van der Waals surface area contributed by atoms with E-state index in [1.165, 1.54) is 16.3 Å². The maximum Gasteiger partial charge on any atom is 0.163 e. The SMILES string of the molecule is CC(Nc1ncnc2c1cnn2C)c1cccc2ccccc12. The summed E-state index contributed by atoms with van der Waals surface area (Å²) >= 11 is 0. The van der Waals surface area contributed by atoms with Gasteiger partial charge in [-0.15, -0.1) is 0 Å². The quantitative estimate of drug-likeness (QED) is 0.627. The number of fused-ring (bicyclic) bond motifs is 2. The van der Waals surface area contributed by atoms with E-state index in [1.54, 1.807) is 17.2 Å². The van der Waals surface area contributed by atoms with Crippen LogP contribution in [-0.2, 0) is 7.05 Å². The number of benzene rings is 2. The minimum Gasteiger partial charge on any atom is -0.363 e. The molecule has 0 bridgehead atoms. The summed E-state index contributed by atoms with van der Waals surface area (Å²) in [5, 5.41) is 11.2. The molecule has 0 aliphatic rings. The van der Waals surface area contributed by atoms with Crippen molar-refractivity contribution in [3.63, 3.8) is 0 Å². The van der Waals surface area contributed by atoms with Crippen LogP contribution in [0.25, 0.3) is 21.8 Å². The molecule has 1 N–H and O–H groups in total. The molecule has 114 valence electrons. The number of aryl methyl sites for hydroxylation is 1. The van der Waals surface area contributed by atoms with E-state index in [9.17, 15) is 0 Å². The van der Waals surface area contributed by atoms with Crippen molar-refractivity contribution in [1.82, 2.24) is 19.7 Å². The number of rotatable bonds is 3. The van der Waals surface area contributed by atoms with Gasteiger partial charge in [0.1, 0.15) is 12.1 Å². The Kier molecular flexibility index (Phi) is 3.19. The third-order valence-corrected chi connectivity index (χ3v) is 4.17. The Morgan fingerprint density at radius 2 is 1.83 bits per heavy atom. The monoisotopic (exact) mass is 303 g/mol. The van der Waals surface area contributed by atoms with Crippen LogP contribution in [0.4, 0.5) is 5.82 Å². The summed E-state index contributed by atoms with van der Waals surface area (Å²) in [7, 11) is 1.88. The molecule has 23 heavy (non-hydrogen) atoms. The summed E-state index contributed by atoms with van der Waals surface area (Å²) in [6.45, 7) is 2.14. The van der Waals surface area contributed by atoms with Crippen molar-refractivity contribution in [1.29, 1.82) is 0 Å². The number of hydrogen-bond acceptors (Lipinski definition) is 4. The number of nitrogens with one attached hydrogen (secondary N) is 1. The van der Waals surface area contributed by atoms with Gasteiger partial charge in [0.2, 0.25) is 0 Å². The summed E-state index contributed by atoms with van der Waals surface area (Å²) < 4.78 is 1.75. The number of anilines is 1. The van der Waals surface area contributed by atoms with Crippen molar-refractivity contribution in [3.05, 3.63) is 60.6 Å². The van der Waals surface area contributed by atoms with Crippen LogP contribution in [-0.4, -0.2) is 19.7 Å². The van der Waals surface area contributed by atoms with Gasteiger partial charge in [-0.3, -0.25) is 4.68 Å². The predicted molar refractivity (Wildman–Crippen MR) is 92.3 cm³/mol. The Morgan fingerprint density at radius 3 is 2.74 bits per heavy atom. The van der Waals surface area contributed by atoms with Crippen LogP contribution in [0.3, 0.4) is 0 Å². The zero-order chi connectivity index (χ0) is 15.8. The van der Waals surface area contributed by atoms with Crippen molar-refractivity contribution in [2.45, 2.75) is 13.0 Å². The van der Waals surface area contributed by atoms with Gasteiger partial charge in [-0.05, 0) is 23.3 Å². The van der Waals surface area contributed by atoms with Gasteiger partial charge >= 0.3 is 0 Å². The average molecular weight is 303 g/mol. The predicted octanol–water partition coefficient (Wildman–Crippen LogP) is 3.69. The first-order valence-electron chi connectivity index (χ1n) is 7.61. The molecule has 1 atom stereocenters. The average Bonchev–Trinajstić information content (AvgIpc) is 2.97. The molecule has 2 aromatic heterocycles. The molecule has 5 heteroatoms. The summed E-state index contributed by atoms with van der Waals surface area (Å²) in [5.74, 6) is 0.809. The largest absolute Gasteiger partial charge is 0.363 e. The van der Waals surface area contributed by atoms with Crippen molar-refractivity contribution in [2.75, 3.05) is 5.32 Å². The number of aromatic nitrogens is 4. The summed E-state index contributed by atoms with van der Waals surface area (Å²) in [4.78, 5) is 8.67. The van der Waals surface area contributed by atoms with E-state index in [1.807, 2.05) is 7.05 Å². The zero-order valence-electron chi connectivity index (χ0n) is 13.1. The third kappa shape index (κ3) is 2.30. The van der Waals surface area contributed by atoms with Crippen molar-refractivity contribution in [3.8, 4) is 0 Å². The first kappa shape index (κ1) is 13.7. The highest BCUT2D eigenvalue weighted by Crippen LogP contribution is 2.28.